The number of nitrogens with zero attached hydrogens (tertiary/aromatic N) is 3. The molecule has 0 bridgehead atoms. The molecule has 1 atom stereocenters. The number of methoxy groups -OCH3 is 1. The maximum atomic E-state index is 12.4. The molecule has 0 aliphatic heterocycles. The Hall–Kier alpha value is -3.41. The number of benzene rings is 2. The zero-order chi connectivity index (χ0) is 19.8. The van der Waals surface area contributed by atoms with Crippen LogP contribution in [0.1, 0.15) is 42.1 Å². The lowest BCUT2D eigenvalue weighted by molar-refractivity contribution is 0.0604. The predicted molar refractivity (Wildman–Crippen MR) is 111 cm³/mol. The summed E-state index contributed by atoms with van der Waals surface area (Å²) in [7, 11) is 1.33. The molecule has 4 aromatic rings. The number of nitrogens with two attached hydrogens (primary N) is 1. The van der Waals surface area contributed by atoms with E-state index in [1.165, 1.54) is 12.7 Å². The van der Waals surface area contributed by atoms with Crippen molar-refractivity contribution >= 4 is 34.0 Å². The number of aromatic nitrogens is 3. The Morgan fingerprint density at radius 1 is 1.11 bits per heavy atom. The Kier molecular flexibility index (Phi) is 4.47. The van der Waals surface area contributed by atoms with Gasteiger partial charge in [-0.15, -0.1) is 0 Å². The van der Waals surface area contributed by atoms with E-state index in [0.717, 1.165) is 17.6 Å². The molecule has 0 amide bonds. The molecule has 28 heavy (non-hydrogen) atoms. The lowest BCUT2D eigenvalue weighted by atomic mass is 9.99. The highest BCUT2D eigenvalue weighted by atomic mass is 16.5. The molecule has 2 aromatic carbocycles. The van der Waals surface area contributed by atoms with Crippen LogP contribution in [-0.4, -0.2) is 27.6 Å². The summed E-state index contributed by atoms with van der Waals surface area (Å²) in [6.07, 6.45) is 1.07. The molecule has 0 spiro atoms. The number of carbonyl (C=O) groups is 1. The molecule has 0 saturated heterocycles. The Morgan fingerprint density at radius 3 is 2.36 bits per heavy atom. The predicted octanol–water partition coefficient (Wildman–Crippen LogP) is 4.46. The maximum Gasteiger partial charge on any atom is 0.343 e. The number of fused-ring (bicyclic) bond motifs is 2. The zero-order valence-corrected chi connectivity index (χ0v) is 16.1. The lowest BCUT2D eigenvalue weighted by Crippen LogP contribution is -2.07. The van der Waals surface area contributed by atoms with Gasteiger partial charge >= 0.3 is 5.97 Å². The minimum atomic E-state index is -0.526. The van der Waals surface area contributed by atoms with Crippen LogP contribution in [0.3, 0.4) is 0 Å². The van der Waals surface area contributed by atoms with Crippen LogP contribution in [0.2, 0.25) is 0 Å². The highest BCUT2D eigenvalue weighted by Gasteiger charge is 2.25. The zero-order valence-electron chi connectivity index (χ0n) is 16.1. The van der Waals surface area contributed by atoms with Crippen molar-refractivity contribution in [1.82, 2.24) is 14.5 Å². The number of para-hydroxylation sites is 2. The number of hydrogen-bond donors (Lipinski definition) is 1. The Labute approximate surface area is 163 Å². The molecule has 2 N–H and O–H groups in total. The van der Waals surface area contributed by atoms with E-state index in [1.807, 2.05) is 36.4 Å². The highest BCUT2D eigenvalue weighted by Crippen LogP contribution is 2.32. The van der Waals surface area contributed by atoms with E-state index >= 15 is 0 Å². The smallest absolute Gasteiger partial charge is 0.343 e. The van der Waals surface area contributed by atoms with E-state index in [-0.39, 0.29) is 11.4 Å². The number of carbonyl (C=O) groups excluding carboxylic acids is 1. The fourth-order valence-electron chi connectivity index (χ4n) is 3.41. The van der Waals surface area contributed by atoms with E-state index in [1.54, 1.807) is 4.57 Å². The molecule has 0 radical (unpaired) electrons. The van der Waals surface area contributed by atoms with Crippen molar-refractivity contribution in [1.29, 1.82) is 0 Å². The van der Waals surface area contributed by atoms with Crippen LogP contribution < -0.4 is 5.73 Å². The van der Waals surface area contributed by atoms with Crippen LogP contribution >= 0.6 is 0 Å². The molecule has 0 aliphatic carbocycles. The molecule has 0 aliphatic rings. The summed E-state index contributed by atoms with van der Waals surface area (Å²) in [6.45, 7) is 4.36. The maximum absolute atomic E-state index is 12.4. The van der Waals surface area contributed by atoms with Gasteiger partial charge in [0, 0.05) is 5.69 Å². The van der Waals surface area contributed by atoms with E-state index in [4.69, 9.17) is 15.5 Å². The summed E-state index contributed by atoms with van der Waals surface area (Å²) in [5.74, 6) is 0.220. The van der Waals surface area contributed by atoms with Crippen molar-refractivity contribution in [3.63, 3.8) is 0 Å². The first-order chi connectivity index (χ1) is 13.5. The summed E-state index contributed by atoms with van der Waals surface area (Å²) in [5.41, 5.74) is 11.1. The van der Waals surface area contributed by atoms with Crippen LogP contribution in [0.5, 0.6) is 0 Å². The average molecular weight is 374 g/mol. The van der Waals surface area contributed by atoms with Crippen molar-refractivity contribution in [2.24, 2.45) is 0 Å². The van der Waals surface area contributed by atoms with E-state index in [2.05, 4.69) is 31.0 Å². The highest BCUT2D eigenvalue weighted by molar-refractivity contribution is 6.08. The van der Waals surface area contributed by atoms with Crippen LogP contribution in [0.25, 0.3) is 27.9 Å². The number of nitrogen functional groups attached to an aromatic ring is 1. The van der Waals surface area contributed by atoms with Gasteiger partial charge in [0.2, 0.25) is 0 Å². The van der Waals surface area contributed by atoms with Crippen molar-refractivity contribution < 1.29 is 9.53 Å². The van der Waals surface area contributed by atoms with Crippen LogP contribution in [0.4, 0.5) is 5.82 Å². The van der Waals surface area contributed by atoms with Gasteiger partial charge in [0.1, 0.15) is 16.9 Å². The van der Waals surface area contributed by atoms with E-state index in [9.17, 15) is 4.79 Å². The first-order valence-corrected chi connectivity index (χ1v) is 9.30. The molecule has 142 valence electrons. The second-order valence-electron chi connectivity index (χ2n) is 6.87. The van der Waals surface area contributed by atoms with Gasteiger partial charge in [-0.05, 0) is 42.2 Å². The number of ether oxygens (including phenoxy) is 1. The van der Waals surface area contributed by atoms with Gasteiger partial charge in [0.05, 0.1) is 18.1 Å². The van der Waals surface area contributed by atoms with Crippen molar-refractivity contribution in [3.05, 3.63) is 59.7 Å². The largest absolute Gasteiger partial charge is 0.465 e. The topological polar surface area (TPSA) is 83.0 Å². The third-order valence-electron chi connectivity index (χ3n) is 5.22. The van der Waals surface area contributed by atoms with Gasteiger partial charge in [0.15, 0.2) is 5.65 Å². The second kappa shape index (κ2) is 6.96. The van der Waals surface area contributed by atoms with Gasteiger partial charge in [-0.3, -0.25) is 4.57 Å². The second-order valence-corrected chi connectivity index (χ2v) is 6.87. The average Bonchev–Trinajstić information content (AvgIpc) is 3.01. The molecule has 6 nitrogen and oxygen atoms in total. The number of esters is 1. The van der Waals surface area contributed by atoms with Gasteiger partial charge in [0.25, 0.3) is 0 Å². The summed E-state index contributed by atoms with van der Waals surface area (Å²) in [5, 5.41) is 0. The number of hydrogen-bond acceptors (Lipinski definition) is 5. The first-order valence-electron chi connectivity index (χ1n) is 9.30. The molecular weight excluding hydrogens is 352 g/mol. The van der Waals surface area contributed by atoms with Crippen LogP contribution in [0.15, 0.2) is 48.5 Å². The minimum Gasteiger partial charge on any atom is -0.465 e. The van der Waals surface area contributed by atoms with Crippen molar-refractivity contribution in [2.75, 3.05) is 12.8 Å². The summed E-state index contributed by atoms with van der Waals surface area (Å²) in [6, 6.07) is 15.7. The Balaban J connectivity index is 2.00. The quantitative estimate of drug-likeness (QED) is 0.533. The number of anilines is 1. The van der Waals surface area contributed by atoms with Gasteiger partial charge in [-0.25, -0.2) is 14.8 Å². The number of rotatable bonds is 4. The summed E-state index contributed by atoms with van der Waals surface area (Å²) in [4.78, 5) is 21.8. The third kappa shape index (κ3) is 2.78. The van der Waals surface area contributed by atoms with E-state index in [0.29, 0.717) is 22.6 Å². The summed E-state index contributed by atoms with van der Waals surface area (Å²) >= 11 is 0. The minimum absolute atomic E-state index is 0.238. The molecule has 0 unspecified atom stereocenters. The van der Waals surface area contributed by atoms with Gasteiger partial charge in [-0.2, -0.15) is 0 Å². The fourth-order valence-corrected chi connectivity index (χ4v) is 3.41. The lowest BCUT2D eigenvalue weighted by Gasteiger charge is -2.12. The van der Waals surface area contributed by atoms with Gasteiger partial charge in [-0.1, -0.05) is 38.1 Å². The van der Waals surface area contributed by atoms with Crippen molar-refractivity contribution in [2.45, 2.75) is 26.2 Å². The SMILES string of the molecule is CC[C@@H](C)c1ccc(-n2c(N)c(C(=O)OC)c3nc4ccccc4nc32)cc1. The molecular formula is C22H22N4O2. The Bertz CT molecular complexity index is 1180. The molecule has 6 heteroatoms. The Morgan fingerprint density at radius 2 is 1.75 bits per heavy atom. The van der Waals surface area contributed by atoms with Crippen LogP contribution in [0, 0.1) is 0 Å². The normalized spacial score (nSPS) is 12.4. The third-order valence-corrected chi connectivity index (χ3v) is 5.22. The standard InChI is InChI=1S/C22H22N4O2/c1-4-13(2)14-9-11-15(12-10-14)26-20(23)18(22(27)28-3)19-21(26)25-17-8-6-5-7-16(17)24-19/h5-13H,4,23H2,1-3H3/t13-/m1/s1. The van der Waals surface area contributed by atoms with Gasteiger partial charge < -0.3 is 10.5 Å². The van der Waals surface area contributed by atoms with E-state index < -0.39 is 5.97 Å². The molecule has 4 rings (SSSR count). The van der Waals surface area contributed by atoms with Crippen LogP contribution in [-0.2, 0) is 4.74 Å². The molecule has 0 fully saturated rings. The molecule has 2 aromatic heterocycles. The molecule has 0 saturated carbocycles. The monoisotopic (exact) mass is 374 g/mol. The fraction of sp³-hybridized carbons (Fsp3) is 0.227. The first kappa shape index (κ1) is 18.0. The summed E-state index contributed by atoms with van der Waals surface area (Å²) < 4.78 is 6.72. The van der Waals surface area contributed by atoms with Crippen molar-refractivity contribution in [3.8, 4) is 5.69 Å². The molecule has 2 heterocycles.